The third-order valence-electron chi connectivity index (χ3n) is 4.74. The van der Waals surface area contributed by atoms with Gasteiger partial charge in [-0.25, -0.2) is 18.4 Å². The minimum absolute atomic E-state index is 0.0987. The molecule has 0 saturated carbocycles. The summed E-state index contributed by atoms with van der Waals surface area (Å²) in [6.07, 6.45) is 0. The number of amides is 4. The Morgan fingerprint density at radius 1 is 1.16 bits per heavy atom. The lowest BCUT2D eigenvalue weighted by Gasteiger charge is -2.22. The predicted molar refractivity (Wildman–Crippen MR) is 105 cm³/mol. The van der Waals surface area contributed by atoms with Gasteiger partial charge in [-0.15, -0.1) is 0 Å². The molecule has 2 aromatic carbocycles. The van der Waals surface area contributed by atoms with Crippen molar-refractivity contribution in [1.82, 2.24) is 10.2 Å². The van der Waals surface area contributed by atoms with Gasteiger partial charge in [-0.1, -0.05) is 12.1 Å². The van der Waals surface area contributed by atoms with Crippen molar-refractivity contribution in [1.29, 1.82) is 0 Å². The minimum atomic E-state index is -1.88. The summed E-state index contributed by atoms with van der Waals surface area (Å²) in [7, 11) is 0. The molecule has 10 heteroatoms. The third kappa shape index (κ3) is 4.23. The van der Waals surface area contributed by atoms with Crippen LogP contribution in [0.3, 0.4) is 0 Å². The van der Waals surface area contributed by atoms with Crippen LogP contribution in [0.2, 0.25) is 0 Å². The standard InChI is InChI=1S/C21H19F2N3O5/c1-3-31-18(28)13-6-4-5-7-16(13)24-17(27)11-26-19(29)21(2,25-20(26)30)14-10-12(22)8-9-15(14)23/h4-10H,3,11H2,1-2H3,(H,24,27)(H,25,30). The van der Waals surface area contributed by atoms with Crippen molar-refractivity contribution in [3.8, 4) is 0 Å². The number of ether oxygens (including phenoxy) is 1. The first-order valence-corrected chi connectivity index (χ1v) is 9.33. The summed E-state index contributed by atoms with van der Waals surface area (Å²) in [6, 6.07) is 7.67. The maximum Gasteiger partial charge on any atom is 0.340 e. The van der Waals surface area contributed by atoms with Gasteiger partial charge in [0.25, 0.3) is 5.91 Å². The fourth-order valence-electron chi connectivity index (χ4n) is 3.22. The number of urea groups is 1. The summed E-state index contributed by atoms with van der Waals surface area (Å²) >= 11 is 0. The molecule has 0 spiro atoms. The lowest BCUT2D eigenvalue weighted by molar-refractivity contribution is -0.133. The fourth-order valence-corrected chi connectivity index (χ4v) is 3.22. The number of imide groups is 1. The van der Waals surface area contributed by atoms with Crippen LogP contribution in [0.5, 0.6) is 0 Å². The summed E-state index contributed by atoms with van der Waals surface area (Å²) in [6.45, 7) is 2.29. The van der Waals surface area contributed by atoms with Crippen molar-refractivity contribution < 1.29 is 32.7 Å². The number of hydrogen-bond donors (Lipinski definition) is 2. The molecule has 0 bridgehead atoms. The molecule has 1 atom stereocenters. The zero-order chi connectivity index (χ0) is 22.8. The number of rotatable bonds is 6. The maximum absolute atomic E-state index is 14.2. The van der Waals surface area contributed by atoms with E-state index in [1.807, 2.05) is 0 Å². The average molecular weight is 431 g/mol. The van der Waals surface area contributed by atoms with Crippen molar-refractivity contribution in [2.45, 2.75) is 19.4 Å². The molecule has 1 aliphatic heterocycles. The Kier molecular flexibility index (Phi) is 6.00. The Labute approximate surface area is 176 Å². The number of para-hydroxylation sites is 1. The molecule has 2 N–H and O–H groups in total. The van der Waals surface area contributed by atoms with E-state index in [1.165, 1.54) is 19.1 Å². The van der Waals surface area contributed by atoms with Crippen molar-refractivity contribution in [3.63, 3.8) is 0 Å². The van der Waals surface area contributed by atoms with Crippen molar-refractivity contribution >= 4 is 29.5 Å². The molecule has 0 aliphatic carbocycles. The highest BCUT2D eigenvalue weighted by Crippen LogP contribution is 2.31. The van der Waals surface area contributed by atoms with Gasteiger partial charge in [0.2, 0.25) is 5.91 Å². The summed E-state index contributed by atoms with van der Waals surface area (Å²) in [4.78, 5) is 50.3. The number of carbonyl (C=O) groups excluding carboxylic acids is 4. The van der Waals surface area contributed by atoms with Crippen molar-refractivity contribution in [3.05, 3.63) is 65.2 Å². The monoisotopic (exact) mass is 431 g/mol. The predicted octanol–water partition coefficient (Wildman–Crippen LogP) is 2.55. The number of halogens is 2. The number of hydrogen-bond acceptors (Lipinski definition) is 5. The molecule has 1 heterocycles. The van der Waals surface area contributed by atoms with E-state index in [4.69, 9.17) is 4.74 Å². The molecular formula is C21H19F2N3O5. The van der Waals surface area contributed by atoms with Gasteiger partial charge in [0.1, 0.15) is 23.7 Å². The smallest absolute Gasteiger partial charge is 0.340 e. The van der Waals surface area contributed by atoms with Gasteiger partial charge in [0.15, 0.2) is 0 Å². The van der Waals surface area contributed by atoms with E-state index < -0.39 is 47.5 Å². The Balaban J connectivity index is 1.79. The fraction of sp³-hybridized carbons (Fsp3) is 0.238. The van der Waals surface area contributed by atoms with Gasteiger partial charge in [-0.2, -0.15) is 0 Å². The zero-order valence-electron chi connectivity index (χ0n) is 16.7. The SMILES string of the molecule is CCOC(=O)c1ccccc1NC(=O)CN1C(=O)NC(C)(c2cc(F)ccc2F)C1=O. The minimum Gasteiger partial charge on any atom is -0.462 e. The number of nitrogens with zero attached hydrogens (tertiary/aromatic N) is 1. The highest BCUT2D eigenvalue weighted by molar-refractivity contribution is 6.11. The number of nitrogens with one attached hydrogen (secondary N) is 2. The molecule has 31 heavy (non-hydrogen) atoms. The molecule has 1 saturated heterocycles. The van der Waals surface area contributed by atoms with Crippen LogP contribution in [0.25, 0.3) is 0 Å². The lowest BCUT2D eigenvalue weighted by Crippen LogP contribution is -2.42. The maximum atomic E-state index is 14.2. The molecule has 1 unspecified atom stereocenters. The van der Waals surface area contributed by atoms with Crippen LogP contribution in [0.15, 0.2) is 42.5 Å². The van der Waals surface area contributed by atoms with Crippen molar-refractivity contribution in [2.75, 3.05) is 18.5 Å². The quantitative estimate of drug-likeness (QED) is 0.540. The number of anilines is 1. The zero-order valence-corrected chi connectivity index (χ0v) is 16.7. The third-order valence-corrected chi connectivity index (χ3v) is 4.74. The van der Waals surface area contributed by atoms with Gasteiger partial charge < -0.3 is 15.4 Å². The molecule has 8 nitrogen and oxygen atoms in total. The molecule has 0 aromatic heterocycles. The normalized spacial score (nSPS) is 18.0. The van der Waals surface area contributed by atoms with E-state index in [0.29, 0.717) is 4.90 Å². The molecule has 3 rings (SSSR count). The Bertz CT molecular complexity index is 1070. The van der Waals surface area contributed by atoms with Crippen LogP contribution in [-0.4, -0.2) is 41.9 Å². The molecular weight excluding hydrogens is 412 g/mol. The number of esters is 1. The van der Waals surface area contributed by atoms with E-state index in [2.05, 4.69) is 10.6 Å². The number of carbonyl (C=O) groups is 4. The second kappa shape index (κ2) is 8.50. The molecule has 162 valence electrons. The van der Waals surface area contributed by atoms with Gasteiger partial charge in [0.05, 0.1) is 17.9 Å². The second-order valence-electron chi connectivity index (χ2n) is 6.88. The highest BCUT2D eigenvalue weighted by atomic mass is 19.1. The summed E-state index contributed by atoms with van der Waals surface area (Å²) in [5.74, 6) is -4.01. The van der Waals surface area contributed by atoms with Gasteiger partial charge in [-0.3, -0.25) is 14.5 Å². The van der Waals surface area contributed by atoms with E-state index in [-0.39, 0.29) is 23.4 Å². The highest BCUT2D eigenvalue weighted by Gasteiger charge is 2.50. The van der Waals surface area contributed by atoms with E-state index in [9.17, 15) is 28.0 Å². The van der Waals surface area contributed by atoms with Crippen molar-refractivity contribution in [2.24, 2.45) is 0 Å². The summed E-state index contributed by atoms with van der Waals surface area (Å²) < 4.78 is 32.7. The van der Waals surface area contributed by atoms with Crippen LogP contribution in [0.1, 0.15) is 29.8 Å². The summed E-state index contributed by atoms with van der Waals surface area (Å²) in [5, 5.41) is 4.76. The number of benzene rings is 2. The Hall–Kier alpha value is -3.82. The Morgan fingerprint density at radius 2 is 1.87 bits per heavy atom. The lowest BCUT2D eigenvalue weighted by atomic mass is 9.91. The van der Waals surface area contributed by atoms with Gasteiger partial charge in [-0.05, 0) is 44.2 Å². The Morgan fingerprint density at radius 3 is 2.58 bits per heavy atom. The molecule has 1 aliphatic rings. The molecule has 4 amide bonds. The van der Waals surface area contributed by atoms with Crippen LogP contribution in [0.4, 0.5) is 19.3 Å². The first kappa shape index (κ1) is 21.9. The molecule has 1 fully saturated rings. The van der Waals surface area contributed by atoms with Gasteiger partial charge in [0, 0.05) is 5.56 Å². The first-order chi connectivity index (χ1) is 14.7. The van der Waals surface area contributed by atoms with E-state index in [1.54, 1.807) is 19.1 Å². The van der Waals surface area contributed by atoms with Crippen LogP contribution in [0, 0.1) is 11.6 Å². The van der Waals surface area contributed by atoms with Gasteiger partial charge >= 0.3 is 12.0 Å². The van der Waals surface area contributed by atoms with Crippen LogP contribution in [-0.2, 0) is 19.9 Å². The average Bonchev–Trinajstić information content (AvgIpc) is 2.94. The van der Waals surface area contributed by atoms with E-state index in [0.717, 1.165) is 18.2 Å². The topological polar surface area (TPSA) is 105 Å². The van der Waals surface area contributed by atoms with E-state index >= 15 is 0 Å². The summed E-state index contributed by atoms with van der Waals surface area (Å²) in [5.41, 5.74) is -2.01. The van der Waals surface area contributed by atoms with Crippen LogP contribution >= 0.6 is 0 Å². The largest absolute Gasteiger partial charge is 0.462 e. The molecule has 0 radical (unpaired) electrons. The molecule has 2 aromatic rings. The van der Waals surface area contributed by atoms with Crippen LogP contribution < -0.4 is 10.6 Å². The first-order valence-electron chi connectivity index (χ1n) is 9.33. The second-order valence-corrected chi connectivity index (χ2v) is 6.88.